The van der Waals surface area contributed by atoms with Gasteiger partial charge in [-0.2, -0.15) is 0 Å². The molecule has 0 aromatic rings. The van der Waals surface area contributed by atoms with Crippen LogP contribution >= 0.6 is 0 Å². The van der Waals surface area contributed by atoms with Crippen molar-refractivity contribution >= 4 is 0 Å². The standard InChI is InChI=1S/HNO3.Rh/c2-1(3)4;/h(H,2,3,4);. The fraction of sp³-hybridized carbons (Fsp3) is 0. The third kappa shape index (κ3) is 407. The van der Waals surface area contributed by atoms with E-state index in [0.717, 1.165) is 0 Å². The second-order valence-corrected chi connectivity index (χ2v) is 0.238. The van der Waals surface area contributed by atoms with Crippen LogP contribution in [0.25, 0.3) is 0 Å². The van der Waals surface area contributed by atoms with Gasteiger partial charge >= 0.3 is 0 Å². The molecule has 0 aromatic heterocycles. The maximum atomic E-state index is 8.36. The van der Waals surface area contributed by atoms with Gasteiger partial charge in [-0.25, -0.2) is 0 Å². The predicted molar refractivity (Wildman–Crippen MR) is 8.78 cm³/mol. The summed E-state index contributed by atoms with van der Waals surface area (Å²) in [5.41, 5.74) is 0. The zero-order chi connectivity index (χ0) is 3.58. The monoisotopic (exact) mass is 166 g/mol. The summed E-state index contributed by atoms with van der Waals surface area (Å²) in [5.74, 6) is 0. The smallest absolute Gasteiger partial charge is 0.291 e. The van der Waals surface area contributed by atoms with Gasteiger partial charge in [0.25, 0.3) is 5.09 Å². The van der Waals surface area contributed by atoms with E-state index in [1.54, 1.807) is 0 Å². The predicted octanol–water partition coefficient (Wildman–Crippen LogP) is -0.350. The molecule has 0 amide bonds. The van der Waals surface area contributed by atoms with Gasteiger partial charge in [0, 0.05) is 19.5 Å². The Balaban J connectivity index is 0. The summed E-state index contributed by atoms with van der Waals surface area (Å²) in [6.07, 6.45) is 0. The third-order valence-corrected chi connectivity index (χ3v) is 0. The van der Waals surface area contributed by atoms with Crippen molar-refractivity contribution in [3.05, 3.63) is 10.1 Å². The van der Waals surface area contributed by atoms with Crippen molar-refractivity contribution in [2.45, 2.75) is 0 Å². The molecule has 1 radical (unpaired) electrons. The summed E-state index contributed by atoms with van der Waals surface area (Å²) in [5, 5.41) is 13.6. The molecule has 4 nitrogen and oxygen atoms in total. The summed E-state index contributed by atoms with van der Waals surface area (Å²) in [4.78, 5) is 8.36. The molecule has 0 aromatic carbocycles. The van der Waals surface area contributed by atoms with Gasteiger partial charge in [0.1, 0.15) is 0 Å². The Morgan fingerprint density at radius 1 is 1.80 bits per heavy atom. The molecule has 0 atom stereocenters. The van der Waals surface area contributed by atoms with Crippen LogP contribution in [0.4, 0.5) is 0 Å². The van der Waals surface area contributed by atoms with Crippen molar-refractivity contribution in [1.29, 1.82) is 0 Å². The molecular weight excluding hydrogens is 165 g/mol. The van der Waals surface area contributed by atoms with Crippen LogP contribution in [-0.2, 0) is 19.5 Å². The summed E-state index contributed by atoms with van der Waals surface area (Å²) >= 11 is 0. The fourth-order valence-corrected chi connectivity index (χ4v) is 0. The second-order valence-electron chi connectivity index (χ2n) is 0.238. The van der Waals surface area contributed by atoms with Crippen molar-refractivity contribution in [2.24, 2.45) is 0 Å². The number of hydrogen-bond donors (Lipinski definition) is 1. The summed E-state index contributed by atoms with van der Waals surface area (Å²) in [7, 11) is 0. The minimum absolute atomic E-state index is 0. The van der Waals surface area contributed by atoms with Crippen LogP contribution < -0.4 is 0 Å². The van der Waals surface area contributed by atoms with Gasteiger partial charge in [-0.15, -0.1) is 10.1 Å². The molecule has 0 aliphatic carbocycles. The molecule has 5 heteroatoms. The van der Waals surface area contributed by atoms with Crippen LogP contribution in [0, 0.1) is 10.1 Å². The largest absolute Gasteiger partial charge is 0.328 e. The number of hydrogen-bond acceptors (Lipinski definition) is 2. The normalized spacial score (nSPS) is 4.80. The first kappa shape index (κ1) is 8.85. The summed E-state index contributed by atoms with van der Waals surface area (Å²) in [6.45, 7) is 0. The first-order valence-electron chi connectivity index (χ1n) is 0.565. The Kier molecular flexibility index (Phi) is 6.76. The first-order chi connectivity index (χ1) is 1.73. The average molecular weight is 166 g/mol. The fourth-order valence-electron chi connectivity index (χ4n) is 0. The molecule has 0 aliphatic rings. The van der Waals surface area contributed by atoms with E-state index in [0.29, 0.717) is 0 Å². The topological polar surface area (TPSA) is 63.4 Å². The quantitative estimate of drug-likeness (QED) is 0.304. The number of nitrogens with zero attached hydrogens (tertiary/aromatic N) is 1. The minimum atomic E-state index is -1.50. The molecule has 1 N–H and O–H groups in total. The zero-order valence-electron chi connectivity index (χ0n) is 2.04. The van der Waals surface area contributed by atoms with E-state index in [-0.39, 0.29) is 19.5 Å². The Bertz CT molecular complexity index is 29.9. The van der Waals surface area contributed by atoms with Gasteiger partial charge in [0.2, 0.25) is 0 Å². The minimum Gasteiger partial charge on any atom is -0.328 e. The van der Waals surface area contributed by atoms with Gasteiger partial charge in [-0.05, 0) is 0 Å². The molecule has 0 saturated heterocycles. The van der Waals surface area contributed by atoms with Crippen LogP contribution in [0.2, 0.25) is 0 Å². The molecule has 0 unspecified atom stereocenters. The maximum Gasteiger partial charge on any atom is 0.291 e. The zero-order valence-corrected chi connectivity index (χ0v) is 3.68. The molecule has 0 aliphatic heterocycles. The Labute approximate surface area is 40.7 Å². The van der Waals surface area contributed by atoms with E-state index < -0.39 is 5.09 Å². The molecule has 0 bridgehead atoms. The van der Waals surface area contributed by atoms with Crippen molar-refractivity contribution in [2.75, 3.05) is 0 Å². The van der Waals surface area contributed by atoms with Crippen molar-refractivity contribution < 1.29 is 29.8 Å². The Hall–Kier alpha value is -0.177. The van der Waals surface area contributed by atoms with Crippen LogP contribution in [0.5, 0.6) is 0 Å². The van der Waals surface area contributed by atoms with E-state index in [9.17, 15) is 0 Å². The maximum absolute atomic E-state index is 8.36. The summed E-state index contributed by atoms with van der Waals surface area (Å²) in [6, 6.07) is 0. The average Bonchev–Trinajstić information content (AvgIpc) is 0.811. The van der Waals surface area contributed by atoms with Gasteiger partial charge in [0.05, 0.1) is 0 Å². The van der Waals surface area contributed by atoms with Crippen molar-refractivity contribution in [1.82, 2.24) is 0 Å². The van der Waals surface area contributed by atoms with Gasteiger partial charge in [0.15, 0.2) is 0 Å². The molecule has 0 fully saturated rings. The third-order valence-electron chi connectivity index (χ3n) is 0. The van der Waals surface area contributed by atoms with E-state index in [1.165, 1.54) is 0 Å². The van der Waals surface area contributed by atoms with E-state index in [2.05, 4.69) is 0 Å². The van der Waals surface area contributed by atoms with E-state index in [1.807, 2.05) is 0 Å². The molecule has 33 valence electrons. The van der Waals surface area contributed by atoms with Crippen LogP contribution in [0.1, 0.15) is 0 Å². The van der Waals surface area contributed by atoms with Gasteiger partial charge in [-0.1, -0.05) is 0 Å². The van der Waals surface area contributed by atoms with E-state index >= 15 is 0 Å². The Morgan fingerprint density at radius 3 is 1.80 bits per heavy atom. The first-order valence-corrected chi connectivity index (χ1v) is 0.565. The SMILES string of the molecule is O=[N+]([O-])O.[Rh]. The molecule has 0 rings (SSSR count). The molecular formula is HNO3Rh. The van der Waals surface area contributed by atoms with Crippen LogP contribution in [0.3, 0.4) is 0 Å². The van der Waals surface area contributed by atoms with Crippen LogP contribution in [0.15, 0.2) is 0 Å². The van der Waals surface area contributed by atoms with Crippen molar-refractivity contribution in [3.63, 3.8) is 0 Å². The van der Waals surface area contributed by atoms with Gasteiger partial charge < -0.3 is 5.21 Å². The molecule has 0 saturated carbocycles. The Morgan fingerprint density at radius 2 is 1.80 bits per heavy atom. The molecule has 0 spiro atoms. The number of rotatable bonds is 0. The van der Waals surface area contributed by atoms with Crippen molar-refractivity contribution in [3.8, 4) is 0 Å². The summed E-state index contributed by atoms with van der Waals surface area (Å²) < 4.78 is 0. The molecule has 0 heterocycles. The second kappa shape index (κ2) is 3.82. The van der Waals surface area contributed by atoms with Gasteiger partial charge in [-0.3, -0.25) is 0 Å². The van der Waals surface area contributed by atoms with Crippen LogP contribution in [-0.4, -0.2) is 10.3 Å². The molecule has 5 heavy (non-hydrogen) atoms. The van der Waals surface area contributed by atoms with E-state index in [4.69, 9.17) is 15.3 Å².